The normalized spacial score (nSPS) is 10.6. The van der Waals surface area contributed by atoms with E-state index in [4.69, 9.17) is 16.3 Å². The van der Waals surface area contributed by atoms with Crippen molar-refractivity contribution >= 4 is 17.6 Å². The maximum absolute atomic E-state index is 11.9. The van der Waals surface area contributed by atoms with Crippen LogP contribution < -0.4 is 0 Å². The third-order valence-electron chi connectivity index (χ3n) is 3.98. The summed E-state index contributed by atoms with van der Waals surface area (Å²) in [6.07, 6.45) is 2.35. The molecule has 2 aromatic carbocycles. The van der Waals surface area contributed by atoms with E-state index in [9.17, 15) is 4.79 Å². The fourth-order valence-electron chi connectivity index (χ4n) is 2.63. The number of aromatic amines is 1. The molecule has 1 heterocycles. The molecule has 1 N–H and O–H groups in total. The van der Waals surface area contributed by atoms with Gasteiger partial charge in [-0.25, -0.2) is 4.79 Å². The topological polar surface area (TPSA) is 55.0 Å². The number of benzene rings is 2. The van der Waals surface area contributed by atoms with Crippen LogP contribution in [0.15, 0.2) is 48.7 Å². The van der Waals surface area contributed by atoms with Crippen molar-refractivity contribution in [2.24, 2.45) is 0 Å². The van der Waals surface area contributed by atoms with E-state index in [1.165, 1.54) is 7.11 Å². The highest BCUT2D eigenvalue weighted by molar-refractivity contribution is 6.31. The first-order valence-corrected chi connectivity index (χ1v) is 7.93. The number of H-pyrrole nitrogens is 1. The van der Waals surface area contributed by atoms with Gasteiger partial charge in [-0.3, -0.25) is 5.10 Å². The molecule has 0 atom stereocenters. The number of halogens is 1. The maximum Gasteiger partial charge on any atom is 0.338 e. The summed E-state index contributed by atoms with van der Waals surface area (Å²) < 4.78 is 4.86. The van der Waals surface area contributed by atoms with Gasteiger partial charge >= 0.3 is 5.97 Å². The fourth-order valence-corrected chi connectivity index (χ4v) is 2.81. The average Bonchev–Trinajstić information content (AvgIpc) is 3.05. The molecule has 4 nitrogen and oxygen atoms in total. The molecule has 0 bridgehead atoms. The molecule has 122 valence electrons. The minimum atomic E-state index is -0.339. The number of aryl methyl sites for hydroxylation is 1. The van der Waals surface area contributed by atoms with E-state index < -0.39 is 0 Å². The summed E-state index contributed by atoms with van der Waals surface area (Å²) in [6, 6.07) is 13.3. The van der Waals surface area contributed by atoms with E-state index in [1.54, 1.807) is 12.3 Å². The van der Waals surface area contributed by atoms with Crippen molar-refractivity contribution in [3.05, 3.63) is 75.9 Å². The second kappa shape index (κ2) is 6.89. The van der Waals surface area contributed by atoms with Gasteiger partial charge in [0.05, 0.1) is 24.6 Å². The Kier molecular flexibility index (Phi) is 4.67. The molecule has 3 aromatic rings. The largest absolute Gasteiger partial charge is 0.465 e. The number of nitrogens with one attached hydrogen (secondary N) is 1. The highest BCUT2D eigenvalue weighted by atomic mass is 35.5. The van der Waals surface area contributed by atoms with Crippen LogP contribution >= 0.6 is 11.6 Å². The first-order valence-electron chi connectivity index (χ1n) is 7.55. The number of nitrogens with zero attached hydrogens (tertiary/aromatic N) is 1. The van der Waals surface area contributed by atoms with Gasteiger partial charge in [0.1, 0.15) is 0 Å². The molecular weight excluding hydrogens is 324 g/mol. The van der Waals surface area contributed by atoms with E-state index in [2.05, 4.69) is 10.2 Å². The average molecular weight is 341 g/mol. The van der Waals surface area contributed by atoms with Crippen LogP contribution in [-0.2, 0) is 11.2 Å². The van der Waals surface area contributed by atoms with Gasteiger partial charge in [-0.1, -0.05) is 41.9 Å². The van der Waals surface area contributed by atoms with Crippen molar-refractivity contribution in [1.82, 2.24) is 10.2 Å². The predicted molar refractivity (Wildman–Crippen MR) is 94.4 cm³/mol. The highest BCUT2D eigenvalue weighted by Crippen LogP contribution is 2.28. The Labute approximate surface area is 145 Å². The predicted octanol–water partition coefficient (Wildman–Crippen LogP) is 4.42. The number of hydrogen-bond donors (Lipinski definition) is 1. The number of carbonyl (C=O) groups is 1. The summed E-state index contributed by atoms with van der Waals surface area (Å²) in [5.41, 5.74) is 5.34. The minimum Gasteiger partial charge on any atom is -0.465 e. The molecule has 0 spiro atoms. The lowest BCUT2D eigenvalue weighted by Gasteiger charge is -2.09. The van der Waals surface area contributed by atoms with Crippen LogP contribution in [0.3, 0.4) is 0 Å². The van der Waals surface area contributed by atoms with E-state index in [0.29, 0.717) is 17.0 Å². The Morgan fingerprint density at radius 1 is 1.21 bits per heavy atom. The first-order chi connectivity index (χ1) is 11.6. The number of hydrogen-bond acceptors (Lipinski definition) is 3. The lowest BCUT2D eigenvalue weighted by atomic mass is 9.97. The highest BCUT2D eigenvalue weighted by Gasteiger charge is 2.15. The van der Waals surface area contributed by atoms with Gasteiger partial charge in [-0.15, -0.1) is 0 Å². The summed E-state index contributed by atoms with van der Waals surface area (Å²) in [7, 11) is 1.39. The molecular formula is C19H17ClN2O2. The van der Waals surface area contributed by atoms with Crippen molar-refractivity contribution in [3.8, 4) is 11.3 Å². The second-order valence-corrected chi connectivity index (χ2v) is 5.97. The molecule has 0 aliphatic rings. The third-order valence-corrected chi connectivity index (χ3v) is 4.39. The number of aromatic nitrogens is 2. The molecule has 0 amide bonds. The van der Waals surface area contributed by atoms with Gasteiger partial charge in [0.2, 0.25) is 0 Å². The summed E-state index contributed by atoms with van der Waals surface area (Å²) in [4.78, 5) is 11.9. The van der Waals surface area contributed by atoms with Gasteiger partial charge in [0, 0.05) is 22.6 Å². The van der Waals surface area contributed by atoms with Gasteiger partial charge < -0.3 is 4.74 Å². The monoisotopic (exact) mass is 340 g/mol. The van der Waals surface area contributed by atoms with Crippen molar-refractivity contribution in [3.63, 3.8) is 0 Å². The molecule has 0 aliphatic carbocycles. The lowest BCUT2D eigenvalue weighted by Crippen LogP contribution is -2.06. The van der Waals surface area contributed by atoms with Gasteiger partial charge in [-0.05, 0) is 30.2 Å². The fraction of sp³-hybridized carbons (Fsp3) is 0.158. The molecule has 0 saturated carbocycles. The second-order valence-electron chi connectivity index (χ2n) is 5.56. The molecule has 5 heteroatoms. The molecule has 0 radical (unpaired) electrons. The SMILES string of the molecule is COC(=O)c1ccccc1Cc1cn[nH]c1-c1ccc(C)c(Cl)c1. The summed E-state index contributed by atoms with van der Waals surface area (Å²) in [5, 5.41) is 7.90. The number of esters is 1. The number of rotatable bonds is 4. The Morgan fingerprint density at radius 2 is 2.00 bits per heavy atom. The zero-order valence-electron chi connectivity index (χ0n) is 13.5. The zero-order chi connectivity index (χ0) is 17.1. The number of methoxy groups -OCH3 is 1. The molecule has 3 rings (SSSR count). The van der Waals surface area contributed by atoms with Crippen molar-refractivity contribution < 1.29 is 9.53 Å². The van der Waals surface area contributed by atoms with Crippen LogP contribution in [-0.4, -0.2) is 23.3 Å². The van der Waals surface area contributed by atoms with Crippen molar-refractivity contribution in [2.75, 3.05) is 7.11 Å². The van der Waals surface area contributed by atoms with Crippen molar-refractivity contribution in [2.45, 2.75) is 13.3 Å². The lowest BCUT2D eigenvalue weighted by molar-refractivity contribution is 0.0599. The van der Waals surface area contributed by atoms with Crippen molar-refractivity contribution in [1.29, 1.82) is 0 Å². The van der Waals surface area contributed by atoms with Crippen LogP contribution in [0.25, 0.3) is 11.3 Å². The van der Waals surface area contributed by atoms with E-state index in [-0.39, 0.29) is 5.97 Å². The van der Waals surface area contributed by atoms with E-state index in [1.807, 2.05) is 43.3 Å². The standard InChI is InChI=1S/C19H17ClN2O2/c1-12-7-8-14(10-17(12)20)18-15(11-21-22-18)9-13-5-3-4-6-16(13)19(23)24-2/h3-8,10-11H,9H2,1-2H3,(H,21,22). The third kappa shape index (κ3) is 3.19. The molecule has 0 unspecified atom stereocenters. The minimum absolute atomic E-state index is 0.339. The smallest absolute Gasteiger partial charge is 0.338 e. The van der Waals surface area contributed by atoms with Gasteiger partial charge in [0.25, 0.3) is 0 Å². The van der Waals surface area contributed by atoms with Crippen LogP contribution in [0.5, 0.6) is 0 Å². The molecule has 0 aliphatic heterocycles. The van der Waals surface area contributed by atoms with Gasteiger partial charge in [0.15, 0.2) is 0 Å². The molecule has 24 heavy (non-hydrogen) atoms. The van der Waals surface area contributed by atoms with Crippen LogP contribution in [0.2, 0.25) is 5.02 Å². The molecule has 0 fully saturated rings. The number of carbonyl (C=O) groups excluding carboxylic acids is 1. The number of ether oxygens (including phenoxy) is 1. The summed E-state index contributed by atoms with van der Waals surface area (Å²) in [6.45, 7) is 1.96. The Balaban J connectivity index is 1.98. The van der Waals surface area contributed by atoms with Crippen LogP contribution in [0.4, 0.5) is 0 Å². The first kappa shape index (κ1) is 16.3. The summed E-state index contributed by atoms with van der Waals surface area (Å²) in [5.74, 6) is -0.339. The zero-order valence-corrected chi connectivity index (χ0v) is 14.2. The molecule has 0 saturated heterocycles. The van der Waals surface area contributed by atoms with Gasteiger partial charge in [-0.2, -0.15) is 5.10 Å². The van der Waals surface area contributed by atoms with E-state index >= 15 is 0 Å². The Hall–Kier alpha value is -2.59. The Bertz CT molecular complexity index is 887. The molecule has 1 aromatic heterocycles. The Morgan fingerprint density at radius 3 is 2.75 bits per heavy atom. The maximum atomic E-state index is 11.9. The quantitative estimate of drug-likeness (QED) is 0.715. The van der Waals surface area contributed by atoms with Crippen LogP contribution in [0, 0.1) is 6.92 Å². The summed E-state index contributed by atoms with van der Waals surface area (Å²) >= 11 is 6.23. The van der Waals surface area contributed by atoms with E-state index in [0.717, 1.165) is 27.9 Å². The van der Waals surface area contributed by atoms with Crippen LogP contribution in [0.1, 0.15) is 27.0 Å².